The molecule has 0 bridgehead atoms. The summed E-state index contributed by atoms with van der Waals surface area (Å²) in [5.41, 5.74) is 2.79. The van der Waals surface area contributed by atoms with Crippen molar-refractivity contribution in [1.82, 2.24) is 0 Å². The second kappa shape index (κ2) is 6.59. The maximum Gasteiger partial charge on any atom is 0.326 e. The zero-order valence-electron chi connectivity index (χ0n) is 12.0. The lowest BCUT2D eigenvalue weighted by Gasteiger charge is -2.23. The number of urea groups is 1. The molecule has 0 atom stereocenters. The Morgan fingerprint density at radius 1 is 1.05 bits per heavy atom. The van der Waals surface area contributed by atoms with Gasteiger partial charge in [0.05, 0.1) is 0 Å². The van der Waals surface area contributed by atoms with Crippen molar-refractivity contribution in [2.75, 3.05) is 16.8 Å². The van der Waals surface area contributed by atoms with Crippen LogP contribution in [0.3, 0.4) is 0 Å². The first-order valence-corrected chi connectivity index (χ1v) is 8.01. The van der Waals surface area contributed by atoms with Gasteiger partial charge in [0.2, 0.25) is 0 Å². The SMILES string of the molecule is O=C(Nc1cc(Cl)cc(Cl)c1)N1CCCCc2ccccc21. The molecule has 5 heteroatoms. The second-order valence-corrected chi connectivity index (χ2v) is 6.20. The lowest BCUT2D eigenvalue weighted by atomic mass is 10.1. The first-order valence-electron chi connectivity index (χ1n) is 7.26. The highest BCUT2D eigenvalue weighted by Crippen LogP contribution is 2.28. The second-order valence-electron chi connectivity index (χ2n) is 5.33. The molecule has 1 N–H and O–H groups in total. The summed E-state index contributed by atoms with van der Waals surface area (Å²) in [5.74, 6) is 0. The molecule has 2 aromatic rings. The highest BCUT2D eigenvalue weighted by molar-refractivity contribution is 6.35. The molecule has 2 aromatic carbocycles. The van der Waals surface area contributed by atoms with Gasteiger partial charge in [-0.15, -0.1) is 0 Å². The van der Waals surface area contributed by atoms with E-state index in [0.717, 1.165) is 24.9 Å². The van der Waals surface area contributed by atoms with E-state index in [1.165, 1.54) is 5.56 Å². The van der Waals surface area contributed by atoms with Gasteiger partial charge in [-0.3, -0.25) is 4.90 Å². The Kier molecular flexibility index (Phi) is 4.55. The zero-order chi connectivity index (χ0) is 15.5. The minimum Gasteiger partial charge on any atom is -0.307 e. The summed E-state index contributed by atoms with van der Waals surface area (Å²) < 4.78 is 0. The standard InChI is InChI=1S/C17H16Cl2N2O/c18-13-9-14(19)11-15(10-13)20-17(22)21-8-4-3-6-12-5-1-2-7-16(12)21/h1-2,5,7,9-11H,3-4,6,8H2,(H,20,22). The van der Waals surface area contributed by atoms with Crippen molar-refractivity contribution in [3.63, 3.8) is 0 Å². The van der Waals surface area contributed by atoms with E-state index in [4.69, 9.17) is 23.2 Å². The van der Waals surface area contributed by atoms with Crippen molar-refractivity contribution in [2.24, 2.45) is 0 Å². The fraction of sp³-hybridized carbons (Fsp3) is 0.235. The monoisotopic (exact) mass is 334 g/mol. The third-order valence-corrected chi connectivity index (χ3v) is 4.16. The van der Waals surface area contributed by atoms with Gasteiger partial charge >= 0.3 is 6.03 Å². The molecule has 0 unspecified atom stereocenters. The third kappa shape index (κ3) is 3.37. The summed E-state index contributed by atoms with van der Waals surface area (Å²) in [6, 6.07) is 12.9. The Balaban J connectivity index is 1.85. The molecule has 1 heterocycles. The molecule has 3 nitrogen and oxygen atoms in total. The molecule has 1 aliphatic heterocycles. The van der Waals surface area contributed by atoms with E-state index in [1.54, 1.807) is 23.1 Å². The fourth-order valence-corrected chi connectivity index (χ4v) is 3.25. The Hall–Kier alpha value is -1.71. The molecule has 1 aliphatic rings. The summed E-state index contributed by atoms with van der Waals surface area (Å²) in [6.07, 6.45) is 3.07. The maximum absolute atomic E-state index is 12.6. The first-order chi connectivity index (χ1) is 10.6. The van der Waals surface area contributed by atoms with E-state index in [0.29, 0.717) is 22.3 Å². The fourth-order valence-electron chi connectivity index (χ4n) is 2.72. The summed E-state index contributed by atoms with van der Waals surface area (Å²) in [5, 5.41) is 3.88. The summed E-state index contributed by atoms with van der Waals surface area (Å²) in [4.78, 5) is 14.4. The Bertz CT molecular complexity index is 683. The van der Waals surface area contributed by atoms with E-state index in [1.807, 2.05) is 18.2 Å². The third-order valence-electron chi connectivity index (χ3n) is 3.72. The normalized spacial score (nSPS) is 14.2. The minimum absolute atomic E-state index is 0.160. The number of amides is 2. The number of hydrogen-bond acceptors (Lipinski definition) is 1. The molecular formula is C17H16Cl2N2O. The molecule has 0 aromatic heterocycles. The largest absolute Gasteiger partial charge is 0.326 e. The van der Waals surface area contributed by atoms with Crippen LogP contribution in [0.1, 0.15) is 18.4 Å². The Labute approximate surface area is 139 Å². The van der Waals surface area contributed by atoms with Crippen LogP contribution in [0, 0.1) is 0 Å². The van der Waals surface area contributed by atoms with Crippen molar-refractivity contribution in [1.29, 1.82) is 0 Å². The summed E-state index contributed by atoms with van der Waals surface area (Å²) >= 11 is 12.0. The van der Waals surface area contributed by atoms with Crippen molar-refractivity contribution in [2.45, 2.75) is 19.3 Å². The number of para-hydroxylation sites is 1. The van der Waals surface area contributed by atoms with Crippen LogP contribution in [0.5, 0.6) is 0 Å². The van der Waals surface area contributed by atoms with Crippen LogP contribution in [0.25, 0.3) is 0 Å². The van der Waals surface area contributed by atoms with Gasteiger partial charge in [0, 0.05) is 28.0 Å². The molecule has 3 rings (SSSR count). The average molecular weight is 335 g/mol. The minimum atomic E-state index is -0.160. The molecule has 0 fully saturated rings. The number of halogens is 2. The van der Waals surface area contributed by atoms with Crippen LogP contribution >= 0.6 is 23.2 Å². The van der Waals surface area contributed by atoms with Gasteiger partial charge < -0.3 is 5.32 Å². The van der Waals surface area contributed by atoms with Crippen LogP contribution in [0.2, 0.25) is 10.0 Å². The van der Waals surface area contributed by atoms with Crippen molar-refractivity contribution >= 4 is 40.6 Å². The summed E-state index contributed by atoms with van der Waals surface area (Å²) in [7, 11) is 0. The zero-order valence-corrected chi connectivity index (χ0v) is 13.5. The van der Waals surface area contributed by atoms with Crippen LogP contribution < -0.4 is 10.2 Å². The van der Waals surface area contributed by atoms with Crippen molar-refractivity contribution in [3.05, 3.63) is 58.1 Å². The van der Waals surface area contributed by atoms with Gasteiger partial charge in [-0.05, 0) is 49.1 Å². The molecule has 0 radical (unpaired) electrons. The number of nitrogens with zero attached hydrogens (tertiary/aromatic N) is 1. The lowest BCUT2D eigenvalue weighted by Crippen LogP contribution is -2.35. The highest BCUT2D eigenvalue weighted by atomic mass is 35.5. The molecule has 0 aliphatic carbocycles. The Morgan fingerprint density at radius 3 is 2.55 bits per heavy atom. The van der Waals surface area contributed by atoms with Crippen LogP contribution in [-0.2, 0) is 6.42 Å². The average Bonchev–Trinajstić information content (AvgIpc) is 2.68. The van der Waals surface area contributed by atoms with Gasteiger partial charge in [-0.25, -0.2) is 4.79 Å². The smallest absolute Gasteiger partial charge is 0.307 e. The number of nitrogens with one attached hydrogen (secondary N) is 1. The molecular weight excluding hydrogens is 319 g/mol. The molecule has 114 valence electrons. The van der Waals surface area contributed by atoms with E-state index in [2.05, 4.69) is 11.4 Å². The predicted octanol–water partition coefficient (Wildman–Crippen LogP) is 5.37. The van der Waals surface area contributed by atoms with Crippen molar-refractivity contribution < 1.29 is 4.79 Å². The first kappa shape index (κ1) is 15.2. The number of benzene rings is 2. The van der Waals surface area contributed by atoms with E-state index >= 15 is 0 Å². The number of anilines is 2. The highest BCUT2D eigenvalue weighted by Gasteiger charge is 2.21. The Morgan fingerprint density at radius 2 is 1.77 bits per heavy atom. The summed E-state index contributed by atoms with van der Waals surface area (Å²) in [6.45, 7) is 0.706. The number of carbonyl (C=O) groups excluding carboxylic acids is 1. The predicted molar refractivity (Wildman–Crippen MR) is 92.2 cm³/mol. The van der Waals surface area contributed by atoms with Crippen LogP contribution in [0.15, 0.2) is 42.5 Å². The number of rotatable bonds is 1. The molecule has 0 spiro atoms. The van der Waals surface area contributed by atoms with Gasteiger partial charge in [-0.2, -0.15) is 0 Å². The van der Waals surface area contributed by atoms with Gasteiger partial charge in [0.25, 0.3) is 0 Å². The quantitative estimate of drug-likeness (QED) is 0.747. The number of aryl methyl sites for hydroxylation is 1. The van der Waals surface area contributed by atoms with E-state index < -0.39 is 0 Å². The molecule has 0 saturated carbocycles. The molecule has 2 amide bonds. The van der Waals surface area contributed by atoms with Gasteiger partial charge in [0.1, 0.15) is 0 Å². The van der Waals surface area contributed by atoms with Crippen LogP contribution in [0.4, 0.5) is 16.2 Å². The van der Waals surface area contributed by atoms with E-state index in [9.17, 15) is 4.79 Å². The number of hydrogen-bond donors (Lipinski definition) is 1. The number of fused-ring (bicyclic) bond motifs is 1. The van der Waals surface area contributed by atoms with Gasteiger partial charge in [0.15, 0.2) is 0 Å². The van der Waals surface area contributed by atoms with Crippen LogP contribution in [-0.4, -0.2) is 12.6 Å². The molecule has 22 heavy (non-hydrogen) atoms. The lowest BCUT2D eigenvalue weighted by molar-refractivity contribution is 0.257. The molecule has 0 saturated heterocycles. The van der Waals surface area contributed by atoms with E-state index in [-0.39, 0.29) is 6.03 Å². The number of carbonyl (C=O) groups is 1. The maximum atomic E-state index is 12.6. The topological polar surface area (TPSA) is 32.3 Å². The van der Waals surface area contributed by atoms with Crippen molar-refractivity contribution in [3.8, 4) is 0 Å². The van der Waals surface area contributed by atoms with Gasteiger partial charge in [-0.1, -0.05) is 41.4 Å².